The summed E-state index contributed by atoms with van der Waals surface area (Å²) in [6.45, 7) is 3.85. The summed E-state index contributed by atoms with van der Waals surface area (Å²) in [4.78, 5) is 35.5. The van der Waals surface area contributed by atoms with Gasteiger partial charge in [-0.05, 0) is 36.6 Å². The van der Waals surface area contributed by atoms with Crippen LogP contribution >= 0.6 is 0 Å². The number of benzene rings is 2. The zero-order valence-electron chi connectivity index (χ0n) is 15.0. The van der Waals surface area contributed by atoms with Crippen molar-refractivity contribution in [3.63, 3.8) is 0 Å². The Balaban J connectivity index is 1.70. The Morgan fingerprint density at radius 3 is 2.19 bits per heavy atom. The van der Waals surface area contributed by atoms with Crippen LogP contribution < -0.4 is 16.2 Å². The molecule has 0 aromatic heterocycles. The number of hydrogen-bond donors (Lipinski definition) is 3. The first-order valence-corrected chi connectivity index (χ1v) is 8.43. The third-order valence-corrected chi connectivity index (χ3v) is 3.80. The first-order valence-electron chi connectivity index (χ1n) is 8.43. The largest absolute Gasteiger partial charge is 0.326 e. The molecule has 0 aliphatic rings. The summed E-state index contributed by atoms with van der Waals surface area (Å²) in [6, 6.07) is 15.0. The lowest BCUT2D eigenvalue weighted by Crippen LogP contribution is -2.42. The van der Waals surface area contributed by atoms with E-state index in [4.69, 9.17) is 0 Å². The van der Waals surface area contributed by atoms with Crippen LogP contribution in [0.3, 0.4) is 0 Å². The minimum atomic E-state index is -0.414. The van der Waals surface area contributed by atoms with Gasteiger partial charge < -0.3 is 5.32 Å². The molecule has 2 aromatic carbocycles. The predicted molar refractivity (Wildman–Crippen MR) is 100 cm³/mol. The van der Waals surface area contributed by atoms with E-state index in [0.717, 1.165) is 22.4 Å². The summed E-state index contributed by atoms with van der Waals surface area (Å²) in [5.41, 5.74) is 8.28. The number of hydrogen-bond acceptors (Lipinski definition) is 3. The Morgan fingerprint density at radius 1 is 0.808 bits per heavy atom. The van der Waals surface area contributed by atoms with E-state index < -0.39 is 5.91 Å². The molecule has 0 saturated heterocycles. The first-order chi connectivity index (χ1) is 12.4. The van der Waals surface area contributed by atoms with Crippen LogP contribution in [0.25, 0.3) is 0 Å². The van der Waals surface area contributed by atoms with Crippen LogP contribution in [0.5, 0.6) is 0 Å². The van der Waals surface area contributed by atoms with Gasteiger partial charge in [0.1, 0.15) is 0 Å². The highest BCUT2D eigenvalue weighted by molar-refractivity contribution is 5.94. The van der Waals surface area contributed by atoms with Gasteiger partial charge in [0.15, 0.2) is 0 Å². The fourth-order valence-corrected chi connectivity index (χ4v) is 2.34. The van der Waals surface area contributed by atoms with Crippen molar-refractivity contribution in [2.24, 2.45) is 0 Å². The Kier molecular flexibility index (Phi) is 6.91. The average molecular weight is 353 g/mol. The van der Waals surface area contributed by atoms with Crippen molar-refractivity contribution < 1.29 is 14.4 Å². The minimum absolute atomic E-state index is 0.0116. The third-order valence-electron chi connectivity index (χ3n) is 3.80. The molecule has 26 heavy (non-hydrogen) atoms. The predicted octanol–water partition coefficient (Wildman–Crippen LogP) is 2.41. The maximum absolute atomic E-state index is 12.0. The van der Waals surface area contributed by atoms with E-state index >= 15 is 0 Å². The zero-order valence-corrected chi connectivity index (χ0v) is 15.0. The zero-order chi connectivity index (χ0) is 18.9. The highest BCUT2D eigenvalue weighted by Crippen LogP contribution is 2.16. The number of anilines is 1. The van der Waals surface area contributed by atoms with E-state index in [1.54, 1.807) is 0 Å². The molecule has 136 valence electrons. The van der Waals surface area contributed by atoms with E-state index in [2.05, 4.69) is 16.2 Å². The number of aryl methyl sites for hydroxylation is 2. The molecule has 0 spiro atoms. The SMILES string of the molecule is Cc1ccc(C)c(NC(=O)CCC(=O)NNC(=O)Cc2ccccc2)c1. The van der Waals surface area contributed by atoms with Crippen molar-refractivity contribution >= 4 is 23.4 Å². The number of hydrazine groups is 1. The second kappa shape index (κ2) is 9.36. The number of carbonyl (C=O) groups excluding carboxylic acids is 3. The van der Waals surface area contributed by atoms with E-state index in [0.29, 0.717) is 0 Å². The molecule has 6 nitrogen and oxygen atoms in total. The molecular formula is C20H23N3O3. The number of nitrogens with one attached hydrogen (secondary N) is 3. The molecule has 0 fully saturated rings. The quantitative estimate of drug-likeness (QED) is 0.697. The molecule has 0 atom stereocenters. The van der Waals surface area contributed by atoms with Crippen LogP contribution in [0.15, 0.2) is 48.5 Å². The van der Waals surface area contributed by atoms with Crippen molar-refractivity contribution in [1.29, 1.82) is 0 Å². The van der Waals surface area contributed by atoms with Crippen LogP contribution in [0.1, 0.15) is 29.5 Å². The summed E-state index contributed by atoms with van der Waals surface area (Å²) in [5.74, 6) is -0.976. The smallest absolute Gasteiger partial charge is 0.242 e. The van der Waals surface area contributed by atoms with Crippen molar-refractivity contribution in [2.75, 3.05) is 5.32 Å². The van der Waals surface area contributed by atoms with Crippen molar-refractivity contribution in [3.05, 3.63) is 65.2 Å². The maximum atomic E-state index is 12.0. The van der Waals surface area contributed by atoms with Gasteiger partial charge in [0.05, 0.1) is 6.42 Å². The van der Waals surface area contributed by atoms with E-state index in [9.17, 15) is 14.4 Å². The van der Waals surface area contributed by atoms with Crippen molar-refractivity contribution in [3.8, 4) is 0 Å². The molecule has 3 N–H and O–H groups in total. The monoisotopic (exact) mass is 353 g/mol. The lowest BCUT2D eigenvalue weighted by atomic mass is 10.1. The lowest BCUT2D eigenvalue weighted by molar-refractivity contribution is -0.129. The minimum Gasteiger partial charge on any atom is -0.326 e. The number of carbonyl (C=O) groups is 3. The number of amides is 3. The molecule has 0 bridgehead atoms. The standard InChI is InChI=1S/C20H23N3O3/c1-14-8-9-15(2)17(12-14)21-18(24)10-11-19(25)22-23-20(26)13-16-6-4-3-5-7-16/h3-9,12H,10-11,13H2,1-2H3,(H,21,24)(H,22,25)(H,23,26). The highest BCUT2D eigenvalue weighted by Gasteiger charge is 2.10. The summed E-state index contributed by atoms with van der Waals surface area (Å²) < 4.78 is 0. The maximum Gasteiger partial charge on any atom is 0.242 e. The van der Waals surface area contributed by atoms with Gasteiger partial charge in [-0.2, -0.15) is 0 Å². The van der Waals surface area contributed by atoms with E-state index in [1.165, 1.54) is 0 Å². The van der Waals surface area contributed by atoms with E-state index in [1.807, 2.05) is 62.4 Å². The summed E-state index contributed by atoms with van der Waals surface area (Å²) in [6.07, 6.45) is 0.199. The third kappa shape index (κ3) is 6.39. The molecule has 0 unspecified atom stereocenters. The van der Waals surface area contributed by atoms with Gasteiger partial charge >= 0.3 is 0 Å². The van der Waals surface area contributed by atoms with Crippen LogP contribution in [-0.4, -0.2) is 17.7 Å². The van der Waals surface area contributed by atoms with Gasteiger partial charge in [0.25, 0.3) is 0 Å². The molecule has 0 heterocycles. The molecule has 2 rings (SSSR count). The fourth-order valence-electron chi connectivity index (χ4n) is 2.34. The van der Waals surface area contributed by atoms with Crippen LogP contribution in [0, 0.1) is 13.8 Å². The number of rotatable bonds is 6. The first kappa shape index (κ1) is 19.2. The Bertz CT molecular complexity index is 788. The molecule has 0 radical (unpaired) electrons. The summed E-state index contributed by atoms with van der Waals surface area (Å²) in [5, 5.41) is 2.80. The Hall–Kier alpha value is -3.15. The van der Waals surface area contributed by atoms with Crippen molar-refractivity contribution in [2.45, 2.75) is 33.1 Å². The average Bonchev–Trinajstić information content (AvgIpc) is 2.62. The van der Waals surface area contributed by atoms with Gasteiger partial charge in [0, 0.05) is 18.5 Å². The normalized spacial score (nSPS) is 10.1. The molecule has 3 amide bonds. The summed E-state index contributed by atoms with van der Waals surface area (Å²) in [7, 11) is 0. The van der Waals surface area contributed by atoms with Crippen LogP contribution in [0.2, 0.25) is 0 Å². The van der Waals surface area contributed by atoms with E-state index in [-0.39, 0.29) is 31.1 Å². The van der Waals surface area contributed by atoms with Crippen LogP contribution in [-0.2, 0) is 20.8 Å². The topological polar surface area (TPSA) is 87.3 Å². The van der Waals surface area contributed by atoms with Crippen molar-refractivity contribution in [1.82, 2.24) is 10.9 Å². The Morgan fingerprint density at radius 2 is 1.46 bits per heavy atom. The van der Waals surface area contributed by atoms with Gasteiger partial charge in [0.2, 0.25) is 17.7 Å². The fraction of sp³-hybridized carbons (Fsp3) is 0.250. The summed E-state index contributed by atoms with van der Waals surface area (Å²) >= 11 is 0. The molecule has 0 aliphatic heterocycles. The Labute approximate surface area is 153 Å². The molecule has 6 heteroatoms. The lowest BCUT2D eigenvalue weighted by Gasteiger charge is -2.10. The second-order valence-electron chi connectivity index (χ2n) is 6.13. The second-order valence-corrected chi connectivity index (χ2v) is 6.13. The van der Waals surface area contributed by atoms with Gasteiger partial charge in [-0.25, -0.2) is 0 Å². The highest BCUT2D eigenvalue weighted by atomic mass is 16.2. The molecule has 0 saturated carbocycles. The van der Waals surface area contributed by atoms with Gasteiger partial charge in [-0.15, -0.1) is 0 Å². The van der Waals surface area contributed by atoms with Crippen LogP contribution in [0.4, 0.5) is 5.69 Å². The van der Waals surface area contributed by atoms with Gasteiger partial charge in [-0.3, -0.25) is 25.2 Å². The molecule has 0 aliphatic carbocycles. The van der Waals surface area contributed by atoms with Gasteiger partial charge in [-0.1, -0.05) is 42.5 Å². The molecule has 2 aromatic rings. The molecular weight excluding hydrogens is 330 g/mol.